The molecule has 3 unspecified atom stereocenters. The predicted octanol–water partition coefficient (Wildman–Crippen LogP) is 3.56. The van der Waals surface area contributed by atoms with E-state index >= 15 is 0 Å². The van der Waals surface area contributed by atoms with E-state index in [9.17, 15) is 5.11 Å². The molecule has 0 saturated heterocycles. The van der Waals surface area contributed by atoms with Gasteiger partial charge in [-0.3, -0.25) is 0 Å². The molecule has 1 aliphatic rings. The van der Waals surface area contributed by atoms with Crippen molar-refractivity contribution in [1.82, 2.24) is 10.3 Å². The lowest BCUT2D eigenvalue weighted by Gasteiger charge is -2.19. The van der Waals surface area contributed by atoms with Gasteiger partial charge in [0.1, 0.15) is 0 Å². The van der Waals surface area contributed by atoms with Crippen molar-refractivity contribution < 1.29 is 5.11 Å². The van der Waals surface area contributed by atoms with Gasteiger partial charge < -0.3 is 10.4 Å². The molecular formula is C16H28N2OS. The molecule has 3 atom stereocenters. The van der Waals surface area contributed by atoms with Crippen molar-refractivity contribution >= 4 is 11.3 Å². The molecule has 2 N–H and O–H groups in total. The van der Waals surface area contributed by atoms with E-state index in [1.165, 1.54) is 9.88 Å². The number of aliphatic hydroxyl groups excluding tert-OH is 1. The Morgan fingerprint density at radius 3 is 2.60 bits per heavy atom. The Balaban J connectivity index is 1.98. The zero-order valence-electron chi connectivity index (χ0n) is 13.4. The first-order valence-corrected chi connectivity index (χ1v) is 8.50. The quantitative estimate of drug-likeness (QED) is 0.893. The molecular weight excluding hydrogens is 268 g/mol. The Labute approximate surface area is 126 Å². The predicted molar refractivity (Wildman–Crippen MR) is 85.3 cm³/mol. The van der Waals surface area contributed by atoms with Crippen LogP contribution in [0.2, 0.25) is 0 Å². The highest BCUT2D eigenvalue weighted by Gasteiger charge is 2.26. The van der Waals surface area contributed by atoms with Crippen LogP contribution >= 0.6 is 11.3 Å². The summed E-state index contributed by atoms with van der Waals surface area (Å²) in [5, 5.41) is 14.7. The summed E-state index contributed by atoms with van der Waals surface area (Å²) in [6.45, 7) is 11.8. The molecule has 3 nitrogen and oxygen atoms in total. The van der Waals surface area contributed by atoms with Crippen LogP contribution in [0.4, 0.5) is 0 Å². The fourth-order valence-corrected chi connectivity index (χ4v) is 3.96. The average Bonchev–Trinajstić information content (AvgIpc) is 2.92. The van der Waals surface area contributed by atoms with Gasteiger partial charge in [-0.1, -0.05) is 27.2 Å². The van der Waals surface area contributed by atoms with E-state index < -0.39 is 0 Å². The summed E-state index contributed by atoms with van der Waals surface area (Å²) >= 11 is 1.82. The molecule has 2 rings (SSSR count). The zero-order valence-corrected chi connectivity index (χ0v) is 14.2. The van der Waals surface area contributed by atoms with Gasteiger partial charge in [0.2, 0.25) is 0 Å². The van der Waals surface area contributed by atoms with Crippen LogP contribution in [-0.2, 0) is 5.41 Å². The molecule has 20 heavy (non-hydrogen) atoms. The molecule has 4 heteroatoms. The number of hydrogen-bond donors (Lipinski definition) is 2. The van der Waals surface area contributed by atoms with Crippen LogP contribution in [-0.4, -0.2) is 22.7 Å². The first kappa shape index (κ1) is 15.9. The molecule has 1 aromatic rings. The van der Waals surface area contributed by atoms with E-state index in [1.54, 1.807) is 0 Å². The summed E-state index contributed by atoms with van der Waals surface area (Å²) < 4.78 is 0. The van der Waals surface area contributed by atoms with Gasteiger partial charge in [0.05, 0.1) is 16.8 Å². The largest absolute Gasteiger partial charge is 0.393 e. The average molecular weight is 296 g/mol. The van der Waals surface area contributed by atoms with Gasteiger partial charge in [0.25, 0.3) is 0 Å². The minimum absolute atomic E-state index is 0.109. The lowest BCUT2D eigenvalue weighted by Crippen LogP contribution is -2.29. The van der Waals surface area contributed by atoms with Crippen LogP contribution in [0.5, 0.6) is 0 Å². The number of nitrogens with one attached hydrogen (secondary N) is 1. The smallest absolute Gasteiger partial charge is 0.0985 e. The third-order valence-corrected chi connectivity index (χ3v) is 5.94. The van der Waals surface area contributed by atoms with Crippen LogP contribution in [0.1, 0.15) is 68.6 Å². The van der Waals surface area contributed by atoms with Gasteiger partial charge in [-0.2, -0.15) is 0 Å². The maximum atomic E-state index is 9.89. The van der Waals surface area contributed by atoms with E-state index in [0.717, 1.165) is 31.5 Å². The zero-order chi connectivity index (χ0) is 14.9. The Hall–Kier alpha value is -0.450. The van der Waals surface area contributed by atoms with Crippen molar-refractivity contribution in [2.45, 2.75) is 71.4 Å². The maximum Gasteiger partial charge on any atom is 0.0985 e. The Morgan fingerprint density at radius 1 is 1.40 bits per heavy atom. The van der Waals surface area contributed by atoms with E-state index in [2.05, 4.69) is 39.9 Å². The van der Waals surface area contributed by atoms with Crippen molar-refractivity contribution in [2.24, 2.45) is 5.92 Å². The van der Waals surface area contributed by atoms with E-state index in [-0.39, 0.29) is 11.5 Å². The van der Waals surface area contributed by atoms with Gasteiger partial charge in [-0.25, -0.2) is 4.98 Å². The summed E-state index contributed by atoms with van der Waals surface area (Å²) in [6, 6.07) is 0.316. The second kappa shape index (κ2) is 6.12. The Kier molecular flexibility index (Phi) is 4.88. The fraction of sp³-hybridized carbons (Fsp3) is 0.812. The summed E-state index contributed by atoms with van der Waals surface area (Å²) in [7, 11) is 0. The third kappa shape index (κ3) is 3.60. The van der Waals surface area contributed by atoms with Crippen molar-refractivity contribution in [3.63, 3.8) is 0 Å². The van der Waals surface area contributed by atoms with E-state index in [4.69, 9.17) is 4.98 Å². The SMILES string of the molecule is Cc1nc(C(C)(C)C)sc1C(C)NCC1CCCC1O. The summed E-state index contributed by atoms with van der Waals surface area (Å²) in [6.07, 6.45) is 3.17. The van der Waals surface area contributed by atoms with Gasteiger partial charge in [0, 0.05) is 22.9 Å². The highest BCUT2D eigenvalue weighted by atomic mass is 32.1. The summed E-state index contributed by atoms with van der Waals surface area (Å²) in [5.41, 5.74) is 1.27. The highest BCUT2D eigenvalue weighted by molar-refractivity contribution is 7.12. The second-order valence-corrected chi connectivity index (χ2v) is 8.14. The van der Waals surface area contributed by atoms with Gasteiger partial charge in [0.15, 0.2) is 0 Å². The summed E-state index contributed by atoms with van der Waals surface area (Å²) in [5.74, 6) is 0.424. The van der Waals surface area contributed by atoms with Crippen molar-refractivity contribution in [1.29, 1.82) is 0 Å². The van der Waals surface area contributed by atoms with Gasteiger partial charge in [-0.05, 0) is 32.6 Å². The first-order valence-electron chi connectivity index (χ1n) is 7.68. The molecule has 0 aromatic carbocycles. The number of rotatable bonds is 4. The van der Waals surface area contributed by atoms with Gasteiger partial charge >= 0.3 is 0 Å². The molecule has 1 aliphatic carbocycles. The van der Waals surface area contributed by atoms with Crippen LogP contribution < -0.4 is 5.32 Å². The highest BCUT2D eigenvalue weighted by Crippen LogP contribution is 2.33. The van der Waals surface area contributed by atoms with Crippen LogP contribution in [0, 0.1) is 12.8 Å². The molecule has 0 radical (unpaired) electrons. The molecule has 0 amide bonds. The van der Waals surface area contributed by atoms with Crippen molar-refractivity contribution in [3.05, 3.63) is 15.6 Å². The van der Waals surface area contributed by atoms with Crippen LogP contribution in [0.15, 0.2) is 0 Å². The normalized spacial score (nSPS) is 25.1. The van der Waals surface area contributed by atoms with Crippen LogP contribution in [0.3, 0.4) is 0 Å². The minimum Gasteiger partial charge on any atom is -0.393 e. The second-order valence-electron chi connectivity index (χ2n) is 7.11. The lowest BCUT2D eigenvalue weighted by atomic mass is 9.98. The van der Waals surface area contributed by atoms with Crippen molar-refractivity contribution in [2.75, 3.05) is 6.54 Å². The molecule has 1 aromatic heterocycles. The Morgan fingerprint density at radius 2 is 2.10 bits per heavy atom. The molecule has 0 spiro atoms. The monoisotopic (exact) mass is 296 g/mol. The van der Waals surface area contributed by atoms with Crippen molar-refractivity contribution in [3.8, 4) is 0 Å². The van der Waals surface area contributed by atoms with Crippen LogP contribution in [0.25, 0.3) is 0 Å². The number of aryl methyl sites for hydroxylation is 1. The van der Waals surface area contributed by atoms with Gasteiger partial charge in [-0.15, -0.1) is 11.3 Å². The maximum absolute atomic E-state index is 9.89. The fourth-order valence-electron chi connectivity index (χ4n) is 2.81. The Bertz CT molecular complexity index is 450. The van der Waals surface area contributed by atoms with E-state index in [1.807, 2.05) is 11.3 Å². The number of nitrogens with zero attached hydrogens (tertiary/aromatic N) is 1. The van der Waals surface area contributed by atoms with E-state index in [0.29, 0.717) is 12.0 Å². The molecule has 1 saturated carbocycles. The standard InChI is InChI=1S/C16H28N2OS/c1-10(17-9-12-7-6-8-13(12)19)14-11(2)18-15(20-14)16(3,4)5/h10,12-13,17,19H,6-9H2,1-5H3. The molecule has 114 valence electrons. The lowest BCUT2D eigenvalue weighted by molar-refractivity contribution is 0.130. The molecule has 1 heterocycles. The molecule has 0 aliphatic heterocycles. The first-order chi connectivity index (χ1) is 9.29. The summed E-state index contributed by atoms with van der Waals surface area (Å²) in [4.78, 5) is 6.06. The number of hydrogen-bond acceptors (Lipinski definition) is 4. The molecule has 0 bridgehead atoms. The topological polar surface area (TPSA) is 45.2 Å². The third-order valence-electron chi connectivity index (χ3n) is 4.17. The number of aromatic nitrogens is 1. The molecule has 1 fully saturated rings. The number of aliphatic hydroxyl groups is 1. The number of thiazole rings is 1. The minimum atomic E-state index is -0.109.